The molecule has 0 saturated carbocycles. The first-order valence-corrected chi connectivity index (χ1v) is 4.66. The van der Waals surface area contributed by atoms with Crippen molar-refractivity contribution in [3.63, 3.8) is 0 Å². The topological polar surface area (TPSA) is 43.1 Å². The lowest BCUT2D eigenvalue weighted by Gasteiger charge is -2.11. The molecular formula is C10H14N4. The van der Waals surface area contributed by atoms with E-state index in [0.717, 1.165) is 11.4 Å². The van der Waals surface area contributed by atoms with Gasteiger partial charge in [-0.1, -0.05) is 20.8 Å². The maximum Gasteiger partial charge on any atom is 0.252 e. The summed E-state index contributed by atoms with van der Waals surface area (Å²) in [5, 5.41) is 4.39. The molecule has 0 radical (unpaired) electrons. The average molecular weight is 190 g/mol. The molecule has 0 N–H and O–H groups in total. The fraction of sp³-hybridized carbons (Fsp3) is 0.500. The van der Waals surface area contributed by atoms with E-state index in [1.165, 1.54) is 0 Å². The molecule has 2 aromatic heterocycles. The third kappa shape index (κ3) is 1.47. The van der Waals surface area contributed by atoms with Gasteiger partial charge in [0.2, 0.25) is 0 Å². The molecule has 0 aliphatic carbocycles. The Kier molecular flexibility index (Phi) is 1.80. The largest absolute Gasteiger partial charge is 0.252 e. The lowest BCUT2D eigenvalue weighted by molar-refractivity contribution is 0.545. The molecular weight excluding hydrogens is 176 g/mol. The van der Waals surface area contributed by atoms with E-state index in [1.807, 2.05) is 13.1 Å². The van der Waals surface area contributed by atoms with Crippen molar-refractivity contribution in [1.29, 1.82) is 0 Å². The van der Waals surface area contributed by atoms with E-state index in [4.69, 9.17) is 0 Å². The molecule has 0 saturated heterocycles. The Bertz CT molecular complexity index is 464. The van der Waals surface area contributed by atoms with Crippen LogP contribution in [0.4, 0.5) is 0 Å². The van der Waals surface area contributed by atoms with E-state index in [-0.39, 0.29) is 5.41 Å². The third-order valence-electron chi connectivity index (χ3n) is 1.99. The smallest absolute Gasteiger partial charge is 0.219 e. The number of aromatic nitrogens is 4. The second kappa shape index (κ2) is 2.77. The first-order chi connectivity index (χ1) is 6.47. The van der Waals surface area contributed by atoms with Crippen LogP contribution in [0.1, 0.15) is 32.2 Å². The fourth-order valence-corrected chi connectivity index (χ4v) is 1.19. The molecule has 2 aromatic rings. The van der Waals surface area contributed by atoms with Crippen LogP contribution in [0.15, 0.2) is 12.4 Å². The summed E-state index contributed by atoms with van der Waals surface area (Å²) < 4.78 is 1.73. The number of fused-ring (bicyclic) bond motifs is 1. The Morgan fingerprint density at radius 1 is 1.29 bits per heavy atom. The molecule has 0 amide bonds. The first-order valence-electron chi connectivity index (χ1n) is 4.66. The second-order valence-electron chi connectivity index (χ2n) is 4.56. The summed E-state index contributed by atoms with van der Waals surface area (Å²) in [6.45, 7) is 8.27. The predicted molar refractivity (Wildman–Crippen MR) is 54.2 cm³/mol. The molecule has 0 aromatic carbocycles. The van der Waals surface area contributed by atoms with E-state index < -0.39 is 0 Å². The van der Waals surface area contributed by atoms with Gasteiger partial charge in [0.15, 0.2) is 5.82 Å². The average Bonchev–Trinajstić information content (AvgIpc) is 2.45. The summed E-state index contributed by atoms with van der Waals surface area (Å²) in [5.74, 6) is 1.50. The maximum atomic E-state index is 4.39. The van der Waals surface area contributed by atoms with Gasteiger partial charge in [-0.05, 0) is 12.5 Å². The van der Waals surface area contributed by atoms with Gasteiger partial charge in [0.05, 0.1) is 0 Å². The molecule has 0 atom stereocenters. The van der Waals surface area contributed by atoms with Gasteiger partial charge in [-0.15, -0.1) is 5.10 Å². The van der Waals surface area contributed by atoms with Crippen LogP contribution >= 0.6 is 0 Å². The number of hydrogen-bond donors (Lipinski definition) is 0. The van der Waals surface area contributed by atoms with Crippen molar-refractivity contribution in [2.45, 2.75) is 33.1 Å². The number of rotatable bonds is 0. The predicted octanol–water partition coefficient (Wildman–Crippen LogP) is 1.73. The molecule has 0 bridgehead atoms. The summed E-state index contributed by atoms with van der Waals surface area (Å²) in [6, 6.07) is 0. The number of hydrogen-bond acceptors (Lipinski definition) is 3. The van der Waals surface area contributed by atoms with Crippen LogP contribution in [-0.2, 0) is 5.41 Å². The monoisotopic (exact) mass is 190 g/mol. The van der Waals surface area contributed by atoms with Gasteiger partial charge in [-0.25, -0.2) is 9.50 Å². The highest BCUT2D eigenvalue weighted by Crippen LogP contribution is 2.18. The van der Waals surface area contributed by atoms with E-state index in [2.05, 4.69) is 35.8 Å². The van der Waals surface area contributed by atoms with Crippen molar-refractivity contribution in [2.24, 2.45) is 0 Å². The quantitative estimate of drug-likeness (QED) is 0.635. The van der Waals surface area contributed by atoms with Gasteiger partial charge in [0, 0.05) is 17.8 Å². The lowest BCUT2D eigenvalue weighted by Crippen LogP contribution is -2.13. The van der Waals surface area contributed by atoms with E-state index in [0.29, 0.717) is 5.78 Å². The Hall–Kier alpha value is -1.45. The molecule has 0 fully saturated rings. The van der Waals surface area contributed by atoms with Crippen molar-refractivity contribution in [3.8, 4) is 0 Å². The van der Waals surface area contributed by atoms with E-state index >= 15 is 0 Å². The third-order valence-corrected chi connectivity index (χ3v) is 1.99. The van der Waals surface area contributed by atoms with Gasteiger partial charge in [-0.3, -0.25) is 0 Å². The van der Waals surface area contributed by atoms with Crippen molar-refractivity contribution >= 4 is 5.78 Å². The zero-order chi connectivity index (χ0) is 10.3. The minimum Gasteiger partial charge on any atom is -0.219 e. The normalized spacial score (nSPS) is 12.3. The molecule has 14 heavy (non-hydrogen) atoms. The van der Waals surface area contributed by atoms with Gasteiger partial charge in [0.25, 0.3) is 5.78 Å². The van der Waals surface area contributed by atoms with Crippen LogP contribution in [-0.4, -0.2) is 19.6 Å². The number of nitrogens with zero attached hydrogens (tertiary/aromatic N) is 4. The highest BCUT2D eigenvalue weighted by Gasteiger charge is 2.19. The molecule has 0 aliphatic heterocycles. The molecule has 2 heterocycles. The van der Waals surface area contributed by atoms with Gasteiger partial charge in [-0.2, -0.15) is 4.98 Å². The van der Waals surface area contributed by atoms with Gasteiger partial charge < -0.3 is 0 Å². The Labute approximate surface area is 83.0 Å². The van der Waals surface area contributed by atoms with Crippen molar-refractivity contribution < 1.29 is 0 Å². The van der Waals surface area contributed by atoms with Gasteiger partial charge >= 0.3 is 0 Å². The van der Waals surface area contributed by atoms with Crippen LogP contribution in [0.5, 0.6) is 0 Å². The van der Waals surface area contributed by atoms with E-state index in [9.17, 15) is 0 Å². The summed E-state index contributed by atoms with van der Waals surface area (Å²) in [7, 11) is 0. The number of aryl methyl sites for hydroxylation is 1. The highest BCUT2D eigenvalue weighted by atomic mass is 15.3. The zero-order valence-electron chi connectivity index (χ0n) is 8.94. The van der Waals surface area contributed by atoms with Crippen LogP contribution in [0.3, 0.4) is 0 Å². The fourth-order valence-electron chi connectivity index (χ4n) is 1.19. The van der Waals surface area contributed by atoms with Crippen LogP contribution < -0.4 is 0 Å². The first kappa shape index (κ1) is 9.12. The Morgan fingerprint density at radius 3 is 2.64 bits per heavy atom. The Morgan fingerprint density at radius 2 is 2.00 bits per heavy atom. The summed E-state index contributed by atoms with van der Waals surface area (Å²) >= 11 is 0. The van der Waals surface area contributed by atoms with Gasteiger partial charge in [0.1, 0.15) is 0 Å². The van der Waals surface area contributed by atoms with Crippen molar-refractivity contribution in [2.75, 3.05) is 0 Å². The maximum absolute atomic E-state index is 4.39. The summed E-state index contributed by atoms with van der Waals surface area (Å²) in [6.07, 6.45) is 3.74. The minimum atomic E-state index is -0.0262. The molecule has 4 nitrogen and oxygen atoms in total. The van der Waals surface area contributed by atoms with Crippen LogP contribution in [0.2, 0.25) is 0 Å². The van der Waals surface area contributed by atoms with Crippen molar-refractivity contribution in [1.82, 2.24) is 19.6 Å². The molecule has 4 heteroatoms. The minimum absolute atomic E-state index is 0.0262. The molecule has 0 spiro atoms. The lowest BCUT2D eigenvalue weighted by atomic mass is 9.96. The van der Waals surface area contributed by atoms with Crippen molar-refractivity contribution in [3.05, 3.63) is 23.8 Å². The zero-order valence-corrected chi connectivity index (χ0v) is 8.94. The SMILES string of the molecule is Cc1cnc2nc(C(C)(C)C)nn2c1. The molecule has 0 aliphatic rings. The summed E-state index contributed by atoms with van der Waals surface area (Å²) in [5.41, 5.74) is 1.06. The molecule has 74 valence electrons. The van der Waals surface area contributed by atoms with Crippen LogP contribution in [0, 0.1) is 6.92 Å². The van der Waals surface area contributed by atoms with Crippen LogP contribution in [0.25, 0.3) is 5.78 Å². The standard InChI is InChI=1S/C10H14N4/c1-7-5-11-9-12-8(10(2,3)4)13-14(9)6-7/h5-6H,1-4H3. The summed E-state index contributed by atoms with van der Waals surface area (Å²) in [4.78, 5) is 8.57. The second-order valence-corrected chi connectivity index (χ2v) is 4.56. The Balaban J connectivity index is 2.63. The van der Waals surface area contributed by atoms with E-state index in [1.54, 1.807) is 10.7 Å². The molecule has 2 rings (SSSR count). The molecule has 0 unspecified atom stereocenters. The highest BCUT2D eigenvalue weighted by molar-refractivity contribution is 5.28.